The van der Waals surface area contributed by atoms with Gasteiger partial charge in [0.2, 0.25) is 5.88 Å². The Kier molecular flexibility index (Phi) is 3.48. The lowest BCUT2D eigenvalue weighted by Gasteiger charge is -2.07. The predicted molar refractivity (Wildman–Crippen MR) is 71.5 cm³/mol. The molecule has 1 heterocycles. The Labute approximate surface area is 110 Å². The number of hydrogen-bond donors (Lipinski definition) is 2. The highest BCUT2D eigenvalue weighted by molar-refractivity contribution is 6.32. The van der Waals surface area contributed by atoms with Crippen molar-refractivity contribution in [1.82, 2.24) is 4.98 Å². The number of rotatable bonds is 3. The standard InChI is InChI=1S/C13H12ClN3O/c1-8-2-4-11(10(14)6-8)18-12-5-3-9(7-17-12)13(15)16/h2-7H,1H3,(H3,15,16). The van der Waals surface area contributed by atoms with E-state index in [1.807, 2.05) is 19.1 Å². The summed E-state index contributed by atoms with van der Waals surface area (Å²) in [6, 6.07) is 8.84. The van der Waals surface area contributed by atoms with Crippen LogP contribution in [0.4, 0.5) is 0 Å². The van der Waals surface area contributed by atoms with Gasteiger partial charge in [-0.2, -0.15) is 0 Å². The molecule has 0 fully saturated rings. The summed E-state index contributed by atoms with van der Waals surface area (Å²) in [6.45, 7) is 1.95. The molecular formula is C13H12ClN3O. The Morgan fingerprint density at radius 1 is 1.33 bits per heavy atom. The second-order valence-corrected chi connectivity index (χ2v) is 4.24. The number of pyridine rings is 1. The summed E-state index contributed by atoms with van der Waals surface area (Å²) in [5.74, 6) is 0.929. The summed E-state index contributed by atoms with van der Waals surface area (Å²) in [5.41, 5.74) is 6.95. The fourth-order valence-corrected chi connectivity index (χ4v) is 1.67. The topological polar surface area (TPSA) is 72.0 Å². The first-order valence-electron chi connectivity index (χ1n) is 5.31. The number of benzene rings is 1. The number of ether oxygens (including phenoxy) is 1. The van der Waals surface area contributed by atoms with E-state index < -0.39 is 0 Å². The van der Waals surface area contributed by atoms with Gasteiger partial charge < -0.3 is 10.5 Å². The molecule has 4 nitrogen and oxygen atoms in total. The van der Waals surface area contributed by atoms with E-state index in [9.17, 15) is 0 Å². The first kappa shape index (κ1) is 12.4. The number of nitrogens with two attached hydrogens (primary N) is 1. The molecule has 0 spiro atoms. The zero-order chi connectivity index (χ0) is 13.1. The average Bonchev–Trinajstić information content (AvgIpc) is 2.33. The molecule has 0 saturated heterocycles. The molecule has 3 N–H and O–H groups in total. The molecule has 0 atom stereocenters. The molecule has 1 aromatic carbocycles. The van der Waals surface area contributed by atoms with Crippen molar-refractivity contribution in [2.75, 3.05) is 0 Å². The minimum atomic E-state index is -0.0255. The second kappa shape index (κ2) is 5.06. The summed E-state index contributed by atoms with van der Waals surface area (Å²) in [6.07, 6.45) is 1.49. The largest absolute Gasteiger partial charge is 0.437 e. The maximum Gasteiger partial charge on any atom is 0.219 e. The number of nitrogen functional groups attached to an aromatic ring is 1. The molecule has 0 aliphatic rings. The normalized spacial score (nSPS) is 10.1. The molecule has 0 aliphatic carbocycles. The Hall–Kier alpha value is -2.07. The first-order chi connectivity index (χ1) is 8.56. The van der Waals surface area contributed by atoms with E-state index in [-0.39, 0.29) is 5.84 Å². The number of aromatic nitrogens is 1. The van der Waals surface area contributed by atoms with E-state index in [0.29, 0.717) is 22.2 Å². The molecule has 0 radical (unpaired) electrons. The minimum absolute atomic E-state index is 0.0255. The molecule has 1 aromatic heterocycles. The van der Waals surface area contributed by atoms with Crippen LogP contribution < -0.4 is 10.5 Å². The zero-order valence-electron chi connectivity index (χ0n) is 9.77. The Balaban J connectivity index is 2.21. The van der Waals surface area contributed by atoms with E-state index >= 15 is 0 Å². The summed E-state index contributed by atoms with van der Waals surface area (Å²) in [5, 5.41) is 7.80. The van der Waals surface area contributed by atoms with Crippen LogP contribution in [0.15, 0.2) is 36.5 Å². The van der Waals surface area contributed by atoms with Gasteiger partial charge in [0.1, 0.15) is 11.6 Å². The number of halogens is 1. The quantitative estimate of drug-likeness (QED) is 0.659. The number of nitrogens with zero attached hydrogens (tertiary/aromatic N) is 1. The van der Waals surface area contributed by atoms with Crippen LogP contribution >= 0.6 is 11.6 Å². The fourth-order valence-electron chi connectivity index (χ4n) is 1.40. The number of amidine groups is 1. The molecule has 0 saturated carbocycles. The molecular weight excluding hydrogens is 250 g/mol. The molecule has 5 heteroatoms. The third kappa shape index (κ3) is 2.78. The van der Waals surface area contributed by atoms with Gasteiger partial charge >= 0.3 is 0 Å². The van der Waals surface area contributed by atoms with E-state index in [1.165, 1.54) is 6.20 Å². The lowest BCUT2D eigenvalue weighted by atomic mass is 10.2. The average molecular weight is 262 g/mol. The molecule has 0 unspecified atom stereocenters. The SMILES string of the molecule is Cc1ccc(Oc2ccc(C(=N)N)cn2)c(Cl)c1. The van der Waals surface area contributed by atoms with Crippen LogP contribution in [0.2, 0.25) is 5.02 Å². The summed E-state index contributed by atoms with van der Waals surface area (Å²) in [4.78, 5) is 4.06. The van der Waals surface area contributed by atoms with Crippen LogP contribution in [0.5, 0.6) is 11.6 Å². The lowest BCUT2D eigenvalue weighted by Crippen LogP contribution is -2.11. The second-order valence-electron chi connectivity index (χ2n) is 3.83. The Morgan fingerprint density at radius 2 is 2.11 bits per heavy atom. The molecule has 2 aromatic rings. The van der Waals surface area contributed by atoms with Crippen molar-refractivity contribution in [3.05, 3.63) is 52.7 Å². The summed E-state index contributed by atoms with van der Waals surface area (Å²) in [7, 11) is 0. The minimum Gasteiger partial charge on any atom is -0.437 e. The molecule has 0 bridgehead atoms. The van der Waals surface area contributed by atoms with Crippen molar-refractivity contribution in [2.24, 2.45) is 5.73 Å². The zero-order valence-corrected chi connectivity index (χ0v) is 10.5. The van der Waals surface area contributed by atoms with Gasteiger partial charge in [-0.1, -0.05) is 17.7 Å². The Morgan fingerprint density at radius 3 is 2.67 bits per heavy atom. The van der Waals surface area contributed by atoms with Crippen molar-refractivity contribution >= 4 is 17.4 Å². The highest BCUT2D eigenvalue weighted by Crippen LogP contribution is 2.28. The van der Waals surface area contributed by atoms with Gasteiger partial charge in [0.15, 0.2) is 0 Å². The molecule has 18 heavy (non-hydrogen) atoms. The van der Waals surface area contributed by atoms with Gasteiger partial charge in [-0.3, -0.25) is 5.41 Å². The molecule has 0 aliphatic heterocycles. The highest BCUT2D eigenvalue weighted by atomic mass is 35.5. The smallest absolute Gasteiger partial charge is 0.219 e. The third-order valence-corrected chi connectivity index (χ3v) is 2.64. The molecule has 2 rings (SSSR count). The van der Waals surface area contributed by atoms with E-state index in [2.05, 4.69) is 4.98 Å². The summed E-state index contributed by atoms with van der Waals surface area (Å²) < 4.78 is 5.54. The van der Waals surface area contributed by atoms with E-state index in [0.717, 1.165) is 5.56 Å². The fraction of sp³-hybridized carbons (Fsp3) is 0.0769. The predicted octanol–water partition coefficient (Wildman–Crippen LogP) is 3.12. The maximum atomic E-state index is 7.26. The highest BCUT2D eigenvalue weighted by Gasteiger charge is 2.05. The summed E-state index contributed by atoms with van der Waals surface area (Å²) >= 11 is 6.05. The molecule has 0 amide bonds. The van der Waals surface area contributed by atoms with Crippen LogP contribution in [0.3, 0.4) is 0 Å². The number of aryl methyl sites for hydroxylation is 1. The van der Waals surface area contributed by atoms with Crippen molar-refractivity contribution < 1.29 is 4.74 Å². The Bertz CT molecular complexity index is 581. The van der Waals surface area contributed by atoms with Gasteiger partial charge in [-0.05, 0) is 30.7 Å². The van der Waals surface area contributed by atoms with Gasteiger partial charge in [0.25, 0.3) is 0 Å². The van der Waals surface area contributed by atoms with Gasteiger partial charge in [0.05, 0.1) is 5.02 Å². The van der Waals surface area contributed by atoms with Crippen molar-refractivity contribution in [2.45, 2.75) is 6.92 Å². The third-order valence-electron chi connectivity index (χ3n) is 2.35. The maximum absolute atomic E-state index is 7.26. The van der Waals surface area contributed by atoms with E-state index in [1.54, 1.807) is 18.2 Å². The first-order valence-corrected chi connectivity index (χ1v) is 5.68. The number of nitrogens with one attached hydrogen (secondary N) is 1. The van der Waals surface area contributed by atoms with Crippen LogP contribution in [0.25, 0.3) is 0 Å². The van der Waals surface area contributed by atoms with Crippen LogP contribution in [-0.4, -0.2) is 10.8 Å². The van der Waals surface area contributed by atoms with Crippen molar-refractivity contribution in [1.29, 1.82) is 5.41 Å². The van der Waals surface area contributed by atoms with Crippen molar-refractivity contribution in [3.8, 4) is 11.6 Å². The van der Waals surface area contributed by atoms with Crippen LogP contribution in [-0.2, 0) is 0 Å². The van der Waals surface area contributed by atoms with Gasteiger partial charge in [-0.25, -0.2) is 4.98 Å². The molecule has 92 valence electrons. The van der Waals surface area contributed by atoms with Gasteiger partial charge in [0, 0.05) is 17.8 Å². The van der Waals surface area contributed by atoms with Gasteiger partial charge in [-0.15, -0.1) is 0 Å². The van der Waals surface area contributed by atoms with E-state index in [4.69, 9.17) is 27.5 Å². The monoisotopic (exact) mass is 261 g/mol. The van der Waals surface area contributed by atoms with Crippen LogP contribution in [0.1, 0.15) is 11.1 Å². The number of hydrogen-bond acceptors (Lipinski definition) is 3. The van der Waals surface area contributed by atoms with Crippen molar-refractivity contribution in [3.63, 3.8) is 0 Å². The lowest BCUT2D eigenvalue weighted by molar-refractivity contribution is 0.463. The van der Waals surface area contributed by atoms with Crippen LogP contribution in [0, 0.1) is 12.3 Å².